The summed E-state index contributed by atoms with van der Waals surface area (Å²) in [6, 6.07) is 13.8. The maximum absolute atomic E-state index is 12.9. The van der Waals surface area contributed by atoms with Gasteiger partial charge in [-0.15, -0.1) is 5.10 Å². The first-order valence-electron chi connectivity index (χ1n) is 8.31. The minimum Gasteiger partial charge on any atom is -0.335 e. The largest absolute Gasteiger partial charge is 0.335 e. The van der Waals surface area contributed by atoms with Crippen molar-refractivity contribution in [3.05, 3.63) is 59.2 Å². The van der Waals surface area contributed by atoms with Gasteiger partial charge < -0.3 is 4.90 Å². The molecule has 1 aromatic heterocycles. The Labute approximate surface area is 141 Å². The molecule has 24 heavy (non-hydrogen) atoms. The number of rotatable bonds is 5. The lowest BCUT2D eigenvalue weighted by molar-refractivity contribution is 0.0752. The van der Waals surface area contributed by atoms with Gasteiger partial charge in [0.25, 0.3) is 5.91 Å². The fraction of sp³-hybridized carbons (Fsp3) is 0.316. The van der Waals surface area contributed by atoms with Crippen molar-refractivity contribution in [1.82, 2.24) is 19.9 Å². The third kappa shape index (κ3) is 3.02. The highest BCUT2D eigenvalue weighted by atomic mass is 16.2. The van der Waals surface area contributed by atoms with Crippen LogP contribution >= 0.6 is 0 Å². The number of carbonyl (C=O) groups excluding carboxylic acids is 1. The number of amides is 1. The summed E-state index contributed by atoms with van der Waals surface area (Å²) < 4.78 is 1.83. The van der Waals surface area contributed by atoms with Crippen molar-refractivity contribution in [1.29, 1.82) is 0 Å². The average Bonchev–Trinajstić information content (AvgIpc) is 3.02. The van der Waals surface area contributed by atoms with E-state index in [1.165, 1.54) is 11.1 Å². The molecule has 0 atom stereocenters. The molecule has 0 bridgehead atoms. The topological polar surface area (TPSA) is 51.0 Å². The molecule has 0 N–H and O–H groups in total. The summed E-state index contributed by atoms with van der Waals surface area (Å²) in [5.41, 5.74) is 4.74. The second kappa shape index (κ2) is 6.83. The number of hydrogen-bond donors (Lipinski definition) is 0. The summed E-state index contributed by atoms with van der Waals surface area (Å²) in [6.45, 7) is 8.13. The number of aromatic nitrogens is 3. The third-order valence-electron chi connectivity index (χ3n) is 4.35. The first-order valence-corrected chi connectivity index (χ1v) is 8.31. The lowest BCUT2D eigenvalue weighted by Crippen LogP contribution is -2.30. The molecule has 2 aromatic carbocycles. The zero-order chi connectivity index (χ0) is 17.1. The molecule has 124 valence electrons. The van der Waals surface area contributed by atoms with E-state index >= 15 is 0 Å². The predicted molar refractivity (Wildman–Crippen MR) is 94.8 cm³/mol. The van der Waals surface area contributed by atoms with Crippen molar-refractivity contribution in [2.75, 3.05) is 6.54 Å². The molecule has 0 fully saturated rings. The molecule has 5 heteroatoms. The van der Waals surface area contributed by atoms with Gasteiger partial charge in [-0.1, -0.05) is 29.5 Å². The van der Waals surface area contributed by atoms with E-state index < -0.39 is 0 Å². The van der Waals surface area contributed by atoms with Gasteiger partial charge in [0.2, 0.25) is 0 Å². The van der Waals surface area contributed by atoms with E-state index in [9.17, 15) is 4.79 Å². The number of carbonyl (C=O) groups is 1. The average molecular weight is 322 g/mol. The van der Waals surface area contributed by atoms with E-state index in [1.807, 2.05) is 53.8 Å². The number of benzene rings is 2. The lowest BCUT2D eigenvalue weighted by Gasteiger charge is -2.22. The van der Waals surface area contributed by atoms with Crippen LogP contribution in [0.4, 0.5) is 0 Å². The molecule has 3 rings (SSSR count). The molecular weight excluding hydrogens is 300 g/mol. The van der Waals surface area contributed by atoms with E-state index in [2.05, 4.69) is 29.4 Å². The lowest BCUT2D eigenvalue weighted by atomic mass is 10.1. The summed E-state index contributed by atoms with van der Waals surface area (Å²) in [6.07, 6.45) is 0. The molecule has 5 nitrogen and oxygen atoms in total. The van der Waals surface area contributed by atoms with Crippen LogP contribution in [0.25, 0.3) is 11.0 Å². The van der Waals surface area contributed by atoms with Crippen LogP contribution in [-0.4, -0.2) is 32.3 Å². The van der Waals surface area contributed by atoms with E-state index in [4.69, 9.17) is 0 Å². The number of hydrogen-bond acceptors (Lipinski definition) is 3. The Hall–Kier alpha value is -2.69. The summed E-state index contributed by atoms with van der Waals surface area (Å²) in [5, 5.41) is 8.26. The van der Waals surface area contributed by atoms with E-state index in [1.54, 1.807) is 0 Å². The molecule has 0 saturated heterocycles. The number of nitrogens with zero attached hydrogens (tertiary/aromatic N) is 4. The zero-order valence-electron chi connectivity index (χ0n) is 14.4. The third-order valence-corrected chi connectivity index (χ3v) is 4.35. The summed E-state index contributed by atoms with van der Waals surface area (Å²) in [5.74, 6) is 0.0219. The van der Waals surface area contributed by atoms with Crippen molar-refractivity contribution < 1.29 is 4.79 Å². The van der Waals surface area contributed by atoms with Crippen molar-refractivity contribution in [2.24, 2.45) is 0 Å². The van der Waals surface area contributed by atoms with E-state index in [0.29, 0.717) is 18.7 Å². The molecule has 0 aliphatic rings. The molecular formula is C19H22N4O. The molecule has 1 amide bonds. The minimum atomic E-state index is 0.0219. The second-order valence-electron chi connectivity index (χ2n) is 5.85. The van der Waals surface area contributed by atoms with Crippen LogP contribution in [0.2, 0.25) is 0 Å². The van der Waals surface area contributed by atoms with Crippen LogP contribution in [0.3, 0.4) is 0 Å². The summed E-state index contributed by atoms with van der Waals surface area (Å²) in [4.78, 5) is 14.7. The summed E-state index contributed by atoms with van der Waals surface area (Å²) >= 11 is 0. The van der Waals surface area contributed by atoms with Crippen molar-refractivity contribution in [3.63, 3.8) is 0 Å². The Morgan fingerprint density at radius 1 is 1.17 bits per heavy atom. The van der Waals surface area contributed by atoms with E-state index in [0.717, 1.165) is 17.6 Å². The van der Waals surface area contributed by atoms with Gasteiger partial charge in [0.15, 0.2) is 0 Å². The number of fused-ring (bicyclic) bond motifs is 1. The van der Waals surface area contributed by atoms with Crippen molar-refractivity contribution in [3.8, 4) is 0 Å². The molecule has 0 unspecified atom stereocenters. The van der Waals surface area contributed by atoms with Crippen molar-refractivity contribution in [2.45, 2.75) is 33.9 Å². The second-order valence-corrected chi connectivity index (χ2v) is 5.85. The quantitative estimate of drug-likeness (QED) is 0.723. The normalized spacial score (nSPS) is 11.0. The number of aryl methyl sites for hydroxylation is 2. The maximum atomic E-state index is 12.9. The smallest absolute Gasteiger partial charge is 0.254 e. The van der Waals surface area contributed by atoms with Gasteiger partial charge in [0.1, 0.15) is 5.52 Å². The first-order chi connectivity index (χ1) is 11.6. The van der Waals surface area contributed by atoms with E-state index in [-0.39, 0.29) is 5.91 Å². The Morgan fingerprint density at radius 3 is 2.67 bits per heavy atom. The molecule has 3 aromatic rings. The Bertz CT molecular complexity index is 869. The Kier molecular flexibility index (Phi) is 4.60. The molecule has 0 spiro atoms. The minimum absolute atomic E-state index is 0.0219. The fourth-order valence-electron chi connectivity index (χ4n) is 2.84. The van der Waals surface area contributed by atoms with Crippen LogP contribution in [0, 0.1) is 6.92 Å². The standard InChI is InChI=1S/C19H22N4O/c1-4-22(13-16-9-7-6-8-14(16)3)19(24)15-10-11-18-17(12-15)20-21-23(18)5-2/h6-12H,4-5,13H2,1-3H3. The van der Waals surface area contributed by atoms with Gasteiger partial charge >= 0.3 is 0 Å². The van der Waals surface area contributed by atoms with Crippen LogP contribution < -0.4 is 0 Å². The Balaban J connectivity index is 1.87. The molecule has 0 aliphatic heterocycles. The summed E-state index contributed by atoms with van der Waals surface area (Å²) in [7, 11) is 0. The van der Waals surface area contributed by atoms with Crippen LogP contribution in [0.1, 0.15) is 35.3 Å². The van der Waals surface area contributed by atoms with Crippen LogP contribution in [0.5, 0.6) is 0 Å². The maximum Gasteiger partial charge on any atom is 0.254 e. The monoisotopic (exact) mass is 322 g/mol. The molecule has 1 heterocycles. The Morgan fingerprint density at radius 2 is 1.96 bits per heavy atom. The van der Waals surface area contributed by atoms with Gasteiger partial charge in [-0.3, -0.25) is 4.79 Å². The van der Waals surface area contributed by atoms with Gasteiger partial charge in [0.05, 0.1) is 5.52 Å². The highest BCUT2D eigenvalue weighted by Gasteiger charge is 2.17. The molecule has 0 saturated carbocycles. The first kappa shape index (κ1) is 16.2. The van der Waals surface area contributed by atoms with Crippen molar-refractivity contribution >= 4 is 16.9 Å². The van der Waals surface area contributed by atoms with Gasteiger partial charge in [-0.05, 0) is 50.1 Å². The van der Waals surface area contributed by atoms with Crippen LogP contribution in [0.15, 0.2) is 42.5 Å². The van der Waals surface area contributed by atoms with Gasteiger partial charge in [0, 0.05) is 25.2 Å². The highest BCUT2D eigenvalue weighted by Crippen LogP contribution is 2.17. The fourth-order valence-corrected chi connectivity index (χ4v) is 2.84. The highest BCUT2D eigenvalue weighted by molar-refractivity contribution is 5.97. The van der Waals surface area contributed by atoms with Gasteiger partial charge in [-0.25, -0.2) is 4.68 Å². The molecule has 0 radical (unpaired) electrons. The predicted octanol–water partition coefficient (Wildman–Crippen LogP) is 3.42. The zero-order valence-corrected chi connectivity index (χ0v) is 14.4. The molecule has 0 aliphatic carbocycles. The van der Waals surface area contributed by atoms with Gasteiger partial charge in [-0.2, -0.15) is 0 Å². The van der Waals surface area contributed by atoms with Crippen LogP contribution in [-0.2, 0) is 13.1 Å². The SMILES string of the molecule is CCN(Cc1ccccc1C)C(=O)c1ccc2c(c1)nnn2CC.